The molecule has 1 aromatic heterocycles. The van der Waals surface area contributed by atoms with Crippen LogP contribution in [0.3, 0.4) is 0 Å². The third-order valence-electron chi connectivity index (χ3n) is 4.27. The summed E-state index contributed by atoms with van der Waals surface area (Å²) < 4.78 is 41.1. The lowest BCUT2D eigenvalue weighted by atomic mass is 10.2. The number of aromatic nitrogens is 2. The van der Waals surface area contributed by atoms with Crippen molar-refractivity contribution < 1.29 is 22.1 Å². The number of carbonyl (C=O) groups excluding carboxylic acids is 1. The Morgan fingerprint density at radius 2 is 2.08 bits per heavy atom. The number of nitrogens with zero attached hydrogens (tertiary/aromatic N) is 3. The van der Waals surface area contributed by atoms with Gasteiger partial charge in [-0.2, -0.15) is 4.98 Å². The van der Waals surface area contributed by atoms with Crippen LogP contribution in [-0.2, 0) is 21.1 Å². The minimum absolute atomic E-state index is 0.0184. The summed E-state index contributed by atoms with van der Waals surface area (Å²) in [7, 11) is -1.42. The molecular formula is C16H18FN3O4S. The fraction of sp³-hybridized carbons (Fsp3) is 0.438. The predicted molar refractivity (Wildman–Crippen MR) is 87.8 cm³/mol. The molecule has 1 aliphatic heterocycles. The van der Waals surface area contributed by atoms with Gasteiger partial charge >= 0.3 is 0 Å². The Balaban J connectivity index is 1.57. The molecule has 134 valence electrons. The third-order valence-corrected chi connectivity index (χ3v) is 6.02. The van der Waals surface area contributed by atoms with E-state index >= 15 is 0 Å². The SMILES string of the molecule is CN(C(=O)CCc1nc(-c2ccc(F)cc2)no1)[C@H]1CCS(=O)(=O)C1. The lowest BCUT2D eigenvalue weighted by Gasteiger charge is -2.23. The molecule has 25 heavy (non-hydrogen) atoms. The summed E-state index contributed by atoms with van der Waals surface area (Å²) in [5, 5.41) is 3.82. The zero-order valence-corrected chi connectivity index (χ0v) is 14.5. The zero-order chi connectivity index (χ0) is 18.0. The van der Waals surface area contributed by atoms with Crippen molar-refractivity contribution in [3.8, 4) is 11.4 Å². The van der Waals surface area contributed by atoms with Crippen LogP contribution in [0.5, 0.6) is 0 Å². The van der Waals surface area contributed by atoms with Crippen LogP contribution in [0, 0.1) is 5.82 Å². The van der Waals surface area contributed by atoms with Gasteiger partial charge in [-0.3, -0.25) is 4.79 Å². The van der Waals surface area contributed by atoms with Gasteiger partial charge in [-0.05, 0) is 30.7 Å². The van der Waals surface area contributed by atoms with Crippen molar-refractivity contribution >= 4 is 15.7 Å². The number of sulfone groups is 1. The molecule has 1 aliphatic rings. The van der Waals surface area contributed by atoms with Crippen LogP contribution in [0.25, 0.3) is 11.4 Å². The molecule has 0 radical (unpaired) electrons. The Kier molecular flexibility index (Phi) is 4.85. The Hall–Kier alpha value is -2.29. The van der Waals surface area contributed by atoms with Crippen LogP contribution in [0.2, 0.25) is 0 Å². The molecule has 9 heteroatoms. The molecule has 3 rings (SSSR count). The fourth-order valence-electron chi connectivity index (χ4n) is 2.75. The van der Waals surface area contributed by atoms with E-state index in [2.05, 4.69) is 10.1 Å². The van der Waals surface area contributed by atoms with Crippen molar-refractivity contribution in [3.63, 3.8) is 0 Å². The highest BCUT2D eigenvalue weighted by Crippen LogP contribution is 2.19. The maximum Gasteiger partial charge on any atom is 0.227 e. The first-order valence-electron chi connectivity index (χ1n) is 7.89. The van der Waals surface area contributed by atoms with Crippen LogP contribution < -0.4 is 0 Å². The maximum absolute atomic E-state index is 12.9. The quantitative estimate of drug-likeness (QED) is 0.794. The number of rotatable bonds is 5. The van der Waals surface area contributed by atoms with Gasteiger partial charge in [0.05, 0.1) is 11.5 Å². The van der Waals surface area contributed by atoms with E-state index in [0.29, 0.717) is 23.7 Å². The van der Waals surface area contributed by atoms with Crippen LogP contribution >= 0.6 is 0 Å². The minimum Gasteiger partial charge on any atom is -0.342 e. The molecule has 0 bridgehead atoms. The summed E-state index contributed by atoms with van der Waals surface area (Å²) in [5.74, 6) is 0.265. The number of aryl methyl sites for hydroxylation is 1. The Morgan fingerprint density at radius 3 is 2.72 bits per heavy atom. The van der Waals surface area contributed by atoms with Crippen molar-refractivity contribution in [2.75, 3.05) is 18.6 Å². The maximum atomic E-state index is 12.9. The van der Waals surface area contributed by atoms with Crippen LogP contribution in [0.1, 0.15) is 18.7 Å². The molecule has 7 nitrogen and oxygen atoms in total. The first-order valence-corrected chi connectivity index (χ1v) is 9.71. The number of carbonyl (C=O) groups is 1. The smallest absolute Gasteiger partial charge is 0.227 e. The summed E-state index contributed by atoms with van der Waals surface area (Å²) in [5.41, 5.74) is 0.621. The second kappa shape index (κ2) is 6.91. The zero-order valence-electron chi connectivity index (χ0n) is 13.7. The highest BCUT2D eigenvalue weighted by Gasteiger charge is 2.32. The number of hydrogen-bond donors (Lipinski definition) is 0. The highest BCUT2D eigenvalue weighted by molar-refractivity contribution is 7.91. The van der Waals surface area contributed by atoms with E-state index in [9.17, 15) is 17.6 Å². The normalized spacial score (nSPS) is 19.0. The van der Waals surface area contributed by atoms with E-state index in [1.54, 1.807) is 19.2 Å². The second-order valence-electron chi connectivity index (χ2n) is 6.08. The molecule has 1 atom stereocenters. The van der Waals surface area contributed by atoms with Crippen LogP contribution in [0.15, 0.2) is 28.8 Å². The van der Waals surface area contributed by atoms with Gasteiger partial charge in [0.15, 0.2) is 9.84 Å². The van der Waals surface area contributed by atoms with E-state index in [0.717, 1.165) is 0 Å². The molecular weight excluding hydrogens is 349 g/mol. The van der Waals surface area contributed by atoms with E-state index in [4.69, 9.17) is 4.52 Å². The van der Waals surface area contributed by atoms with Gasteiger partial charge in [-0.1, -0.05) is 5.16 Å². The molecule has 1 amide bonds. The van der Waals surface area contributed by atoms with Gasteiger partial charge < -0.3 is 9.42 Å². The average molecular weight is 367 g/mol. The minimum atomic E-state index is -3.03. The van der Waals surface area contributed by atoms with Gasteiger partial charge in [0.1, 0.15) is 5.82 Å². The summed E-state index contributed by atoms with van der Waals surface area (Å²) >= 11 is 0. The highest BCUT2D eigenvalue weighted by atomic mass is 32.2. The molecule has 0 saturated carbocycles. The topological polar surface area (TPSA) is 93.4 Å². The van der Waals surface area contributed by atoms with Gasteiger partial charge in [-0.25, -0.2) is 12.8 Å². The van der Waals surface area contributed by atoms with Gasteiger partial charge in [0, 0.05) is 31.5 Å². The molecule has 0 spiro atoms. The average Bonchev–Trinajstić information content (AvgIpc) is 3.19. The lowest BCUT2D eigenvalue weighted by molar-refractivity contribution is -0.131. The van der Waals surface area contributed by atoms with Crippen molar-refractivity contribution in [3.05, 3.63) is 36.0 Å². The van der Waals surface area contributed by atoms with Crippen molar-refractivity contribution in [1.29, 1.82) is 0 Å². The summed E-state index contributed by atoms with van der Waals surface area (Å²) in [6.45, 7) is 0. The van der Waals surface area contributed by atoms with E-state index < -0.39 is 9.84 Å². The molecule has 0 N–H and O–H groups in total. The number of hydrogen-bond acceptors (Lipinski definition) is 6. The van der Waals surface area contributed by atoms with Crippen LogP contribution in [0.4, 0.5) is 4.39 Å². The third kappa shape index (κ3) is 4.22. The number of halogens is 1. The van der Waals surface area contributed by atoms with Crippen molar-refractivity contribution in [2.45, 2.75) is 25.3 Å². The van der Waals surface area contributed by atoms with Crippen molar-refractivity contribution in [2.24, 2.45) is 0 Å². The van der Waals surface area contributed by atoms with E-state index in [1.165, 1.54) is 17.0 Å². The number of benzene rings is 1. The number of amides is 1. The molecule has 2 aromatic rings. The molecule has 0 unspecified atom stereocenters. The second-order valence-corrected chi connectivity index (χ2v) is 8.31. The lowest BCUT2D eigenvalue weighted by Crippen LogP contribution is -2.37. The van der Waals surface area contributed by atoms with Gasteiger partial charge in [0.2, 0.25) is 17.6 Å². The Bertz CT molecular complexity index is 864. The molecule has 0 aliphatic carbocycles. The predicted octanol–water partition coefficient (Wildman–Crippen LogP) is 1.45. The van der Waals surface area contributed by atoms with E-state index in [-0.39, 0.29) is 42.1 Å². The molecule has 1 aromatic carbocycles. The largest absolute Gasteiger partial charge is 0.342 e. The van der Waals surface area contributed by atoms with Gasteiger partial charge in [0.25, 0.3) is 0 Å². The van der Waals surface area contributed by atoms with E-state index in [1.807, 2.05) is 0 Å². The summed E-state index contributed by atoms with van der Waals surface area (Å²) in [6, 6.07) is 5.43. The molecule has 2 heterocycles. The first kappa shape index (κ1) is 17.5. The molecule has 1 fully saturated rings. The monoisotopic (exact) mass is 367 g/mol. The molecule has 1 saturated heterocycles. The fourth-order valence-corrected chi connectivity index (χ4v) is 4.52. The van der Waals surface area contributed by atoms with Crippen molar-refractivity contribution in [1.82, 2.24) is 15.0 Å². The van der Waals surface area contributed by atoms with Gasteiger partial charge in [-0.15, -0.1) is 0 Å². The Labute approximate surface area is 144 Å². The summed E-state index contributed by atoms with van der Waals surface area (Å²) in [4.78, 5) is 17.9. The Morgan fingerprint density at radius 1 is 1.36 bits per heavy atom. The summed E-state index contributed by atoms with van der Waals surface area (Å²) in [6.07, 6.45) is 0.884. The van der Waals surface area contributed by atoms with Crippen LogP contribution in [-0.4, -0.2) is 54.0 Å². The first-order chi connectivity index (χ1) is 11.8. The standard InChI is InChI=1S/C16H18FN3O4S/c1-20(13-8-9-25(22,23)10-13)15(21)7-6-14-18-16(19-24-14)11-2-4-12(17)5-3-11/h2-5,13H,6-10H2,1H3/t13-/m0/s1.